The molecule has 0 spiro atoms. The number of carbonyl (C=O) groups excluding carboxylic acids is 2. The maximum Gasteiger partial charge on any atom is 0.311 e. The van der Waals surface area contributed by atoms with Gasteiger partial charge in [-0.15, -0.1) is 0 Å². The van der Waals surface area contributed by atoms with E-state index in [0.29, 0.717) is 22.3 Å². The van der Waals surface area contributed by atoms with Gasteiger partial charge in [0.05, 0.1) is 5.92 Å². The van der Waals surface area contributed by atoms with Crippen molar-refractivity contribution in [3.05, 3.63) is 60.4 Å². The van der Waals surface area contributed by atoms with Gasteiger partial charge in [-0.1, -0.05) is 18.2 Å². The number of esters is 1. The number of fused-ring (bicyclic) bond motifs is 1. The molecule has 1 fully saturated rings. The number of nitrogens with one attached hydrogen (secondary N) is 1. The van der Waals surface area contributed by atoms with Gasteiger partial charge in [-0.2, -0.15) is 0 Å². The number of amides is 1. The Bertz CT molecular complexity index is 1170. The van der Waals surface area contributed by atoms with Crippen molar-refractivity contribution < 1.29 is 24.2 Å². The lowest BCUT2D eigenvalue weighted by Crippen LogP contribution is -2.38. The van der Waals surface area contributed by atoms with Crippen LogP contribution in [0.2, 0.25) is 0 Å². The Morgan fingerprint density at radius 2 is 1.85 bits per heavy atom. The molecular weight excluding hydrogens is 420 g/mol. The summed E-state index contributed by atoms with van der Waals surface area (Å²) in [4.78, 5) is 29.5. The lowest BCUT2D eigenvalue weighted by atomic mass is 10.0. The second kappa shape index (κ2) is 9.10. The summed E-state index contributed by atoms with van der Waals surface area (Å²) < 4.78 is 11.3. The second-order valence-corrected chi connectivity index (χ2v) is 9.31. The molecule has 1 heterocycles. The predicted octanol–water partition coefficient (Wildman–Crippen LogP) is 4.83. The highest BCUT2D eigenvalue weighted by atomic mass is 16.6. The Morgan fingerprint density at radius 1 is 1.12 bits per heavy atom. The molecule has 1 unspecified atom stereocenters. The highest BCUT2D eigenvalue weighted by Gasteiger charge is 2.39. The molecule has 1 aliphatic rings. The molecule has 0 aliphatic heterocycles. The highest BCUT2D eigenvalue weighted by molar-refractivity contribution is 6.01. The van der Waals surface area contributed by atoms with Gasteiger partial charge in [0.15, 0.2) is 11.4 Å². The van der Waals surface area contributed by atoms with E-state index in [-0.39, 0.29) is 29.9 Å². The molecule has 7 heteroatoms. The van der Waals surface area contributed by atoms with Crippen LogP contribution in [0.3, 0.4) is 0 Å². The van der Waals surface area contributed by atoms with Gasteiger partial charge >= 0.3 is 5.97 Å². The molecule has 0 bridgehead atoms. The summed E-state index contributed by atoms with van der Waals surface area (Å²) in [5.74, 6) is 0.0310. The van der Waals surface area contributed by atoms with Gasteiger partial charge in [0.1, 0.15) is 17.1 Å². The van der Waals surface area contributed by atoms with E-state index in [0.717, 1.165) is 12.8 Å². The smallest absolute Gasteiger partial charge is 0.311 e. The van der Waals surface area contributed by atoms with Crippen molar-refractivity contribution in [2.75, 3.05) is 6.54 Å². The van der Waals surface area contributed by atoms with Crippen LogP contribution in [0.1, 0.15) is 44.1 Å². The number of hydrogen-bond donors (Lipinski definition) is 2. The molecule has 3 aromatic rings. The first-order valence-corrected chi connectivity index (χ1v) is 11.1. The van der Waals surface area contributed by atoms with Crippen LogP contribution >= 0.6 is 0 Å². The minimum absolute atomic E-state index is 0.0852. The van der Waals surface area contributed by atoms with Crippen molar-refractivity contribution >= 4 is 22.6 Å². The molecule has 1 saturated carbocycles. The first-order chi connectivity index (χ1) is 15.7. The average Bonchev–Trinajstić information content (AvgIpc) is 3.58. The van der Waals surface area contributed by atoms with Crippen LogP contribution in [0.25, 0.3) is 10.8 Å². The highest BCUT2D eigenvalue weighted by Crippen LogP contribution is 2.38. The zero-order valence-corrected chi connectivity index (χ0v) is 19.0. The van der Waals surface area contributed by atoms with E-state index in [9.17, 15) is 14.7 Å². The summed E-state index contributed by atoms with van der Waals surface area (Å²) in [6, 6.07) is 14.5. The van der Waals surface area contributed by atoms with Crippen molar-refractivity contribution in [3.63, 3.8) is 0 Å². The van der Waals surface area contributed by atoms with Crippen molar-refractivity contribution in [2.45, 2.75) is 39.2 Å². The molecule has 1 atom stereocenters. The number of ether oxygens (including phenoxy) is 2. The third-order valence-corrected chi connectivity index (χ3v) is 5.41. The minimum Gasteiger partial charge on any atom is -0.505 e. The number of aromatic hydroxyl groups is 1. The molecule has 33 heavy (non-hydrogen) atoms. The molecule has 2 N–H and O–H groups in total. The third-order valence-electron chi connectivity index (χ3n) is 5.41. The monoisotopic (exact) mass is 448 g/mol. The quantitative estimate of drug-likeness (QED) is 0.503. The zero-order chi connectivity index (χ0) is 23.6. The van der Waals surface area contributed by atoms with Gasteiger partial charge in [-0.25, -0.2) is 4.98 Å². The van der Waals surface area contributed by atoms with Gasteiger partial charge in [-0.3, -0.25) is 9.59 Å². The van der Waals surface area contributed by atoms with Gasteiger partial charge in [0, 0.05) is 23.5 Å². The summed E-state index contributed by atoms with van der Waals surface area (Å²) >= 11 is 0. The number of aromatic nitrogens is 1. The molecular formula is C26H28N2O5. The molecule has 1 amide bonds. The second-order valence-electron chi connectivity index (χ2n) is 9.31. The van der Waals surface area contributed by atoms with Crippen LogP contribution in [0.5, 0.6) is 17.2 Å². The van der Waals surface area contributed by atoms with E-state index >= 15 is 0 Å². The molecule has 2 aromatic carbocycles. The molecule has 0 radical (unpaired) electrons. The van der Waals surface area contributed by atoms with Gasteiger partial charge in [-0.05, 0) is 69.9 Å². The Balaban J connectivity index is 1.47. The van der Waals surface area contributed by atoms with E-state index in [4.69, 9.17) is 9.47 Å². The van der Waals surface area contributed by atoms with Crippen molar-refractivity contribution in [1.29, 1.82) is 0 Å². The topological polar surface area (TPSA) is 97.8 Å². The first-order valence-electron chi connectivity index (χ1n) is 11.1. The predicted molar refractivity (Wildman–Crippen MR) is 124 cm³/mol. The number of carbonyl (C=O) groups is 2. The van der Waals surface area contributed by atoms with Crippen molar-refractivity contribution in [2.24, 2.45) is 11.8 Å². The van der Waals surface area contributed by atoms with E-state index in [1.807, 2.05) is 51.1 Å². The zero-order valence-electron chi connectivity index (χ0n) is 19.0. The fraction of sp³-hybridized carbons (Fsp3) is 0.346. The largest absolute Gasteiger partial charge is 0.505 e. The lowest BCUT2D eigenvalue weighted by molar-refractivity contribution is -0.160. The van der Waals surface area contributed by atoms with Gasteiger partial charge in [0.25, 0.3) is 5.91 Å². The molecule has 1 aromatic heterocycles. The standard InChI is InChI=1S/C26H28N2O5/c1-26(2,3)33-25(31)21(16-9-10-16)15-28-24(30)22-23(29)20-12-11-19(13-17(20)14-27-22)32-18-7-5-4-6-8-18/h4-8,11-14,16,21,29H,9-10,15H2,1-3H3,(H,28,30). The minimum atomic E-state index is -0.588. The summed E-state index contributed by atoms with van der Waals surface area (Å²) in [6.45, 7) is 5.60. The Hall–Kier alpha value is -3.61. The van der Waals surface area contributed by atoms with Crippen LogP contribution in [-0.4, -0.2) is 34.1 Å². The van der Waals surface area contributed by atoms with Gasteiger partial charge in [0.2, 0.25) is 0 Å². The van der Waals surface area contributed by atoms with Crippen LogP contribution in [0, 0.1) is 11.8 Å². The molecule has 172 valence electrons. The molecule has 7 nitrogen and oxygen atoms in total. The van der Waals surface area contributed by atoms with Crippen LogP contribution in [0.4, 0.5) is 0 Å². The van der Waals surface area contributed by atoms with E-state index < -0.39 is 17.4 Å². The summed E-state index contributed by atoms with van der Waals surface area (Å²) in [5, 5.41) is 14.6. The molecule has 1 aliphatic carbocycles. The number of para-hydroxylation sites is 1. The summed E-state index contributed by atoms with van der Waals surface area (Å²) in [6.07, 6.45) is 3.40. The normalized spacial score (nSPS) is 14.5. The van der Waals surface area contributed by atoms with Crippen LogP contribution < -0.4 is 10.1 Å². The fourth-order valence-corrected chi connectivity index (χ4v) is 3.65. The number of pyridine rings is 1. The van der Waals surface area contributed by atoms with Gasteiger partial charge < -0.3 is 19.9 Å². The van der Waals surface area contributed by atoms with Crippen LogP contribution in [-0.2, 0) is 9.53 Å². The van der Waals surface area contributed by atoms with E-state index in [1.165, 1.54) is 6.20 Å². The maximum absolute atomic E-state index is 12.8. The summed E-state index contributed by atoms with van der Waals surface area (Å²) in [5.41, 5.74) is -0.673. The van der Waals surface area contributed by atoms with Crippen molar-refractivity contribution in [1.82, 2.24) is 10.3 Å². The number of nitrogens with zero attached hydrogens (tertiary/aromatic N) is 1. The van der Waals surface area contributed by atoms with E-state index in [1.54, 1.807) is 18.2 Å². The SMILES string of the molecule is CC(C)(C)OC(=O)C(CNC(=O)c1ncc2cc(Oc3ccccc3)ccc2c1O)C1CC1. The first kappa shape index (κ1) is 22.6. The molecule has 4 rings (SSSR count). The molecule has 0 saturated heterocycles. The number of rotatable bonds is 7. The Labute approximate surface area is 192 Å². The lowest BCUT2D eigenvalue weighted by Gasteiger charge is -2.24. The number of hydrogen-bond acceptors (Lipinski definition) is 6. The van der Waals surface area contributed by atoms with Crippen LogP contribution in [0.15, 0.2) is 54.7 Å². The van der Waals surface area contributed by atoms with Crippen molar-refractivity contribution in [3.8, 4) is 17.2 Å². The summed E-state index contributed by atoms with van der Waals surface area (Å²) in [7, 11) is 0. The third kappa shape index (κ3) is 5.61. The number of benzene rings is 2. The van der Waals surface area contributed by atoms with E-state index in [2.05, 4.69) is 10.3 Å². The maximum atomic E-state index is 12.8. The Kier molecular flexibility index (Phi) is 6.22. The Morgan fingerprint density at radius 3 is 2.52 bits per heavy atom. The average molecular weight is 449 g/mol. The fourth-order valence-electron chi connectivity index (χ4n) is 3.65.